The van der Waals surface area contributed by atoms with Crippen molar-refractivity contribution in [1.82, 2.24) is 9.55 Å². The highest BCUT2D eigenvalue weighted by molar-refractivity contribution is 5.86. The fourth-order valence-electron chi connectivity index (χ4n) is 1.17. The van der Waals surface area contributed by atoms with Crippen LogP contribution >= 0.6 is 0 Å². The second-order valence-corrected chi connectivity index (χ2v) is 3.66. The molecule has 0 aliphatic carbocycles. The molecule has 1 atom stereocenters. The number of esters is 1. The van der Waals surface area contributed by atoms with E-state index in [0.29, 0.717) is 12.1 Å². The summed E-state index contributed by atoms with van der Waals surface area (Å²) in [6, 6.07) is 0. The maximum atomic E-state index is 11.1. The van der Waals surface area contributed by atoms with Gasteiger partial charge in [0.05, 0.1) is 6.54 Å². The Kier molecular flexibility index (Phi) is 4.25. The highest BCUT2D eigenvalue weighted by Crippen LogP contribution is 2.00. The number of aromatic nitrogens is 2. The maximum Gasteiger partial charge on any atom is 0.333 e. The highest BCUT2D eigenvalue weighted by atomic mass is 16.5. The van der Waals surface area contributed by atoms with Gasteiger partial charge in [-0.25, -0.2) is 9.78 Å². The Labute approximate surface area is 94.4 Å². The van der Waals surface area contributed by atoms with E-state index in [1.165, 1.54) is 0 Å². The molecule has 16 heavy (non-hydrogen) atoms. The molecule has 0 bridgehead atoms. The molecule has 0 aliphatic heterocycles. The fourth-order valence-corrected chi connectivity index (χ4v) is 1.17. The Bertz CT molecular complexity index is 384. The Morgan fingerprint density at radius 3 is 2.94 bits per heavy atom. The van der Waals surface area contributed by atoms with Crippen LogP contribution in [0.1, 0.15) is 12.7 Å². The van der Waals surface area contributed by atoms with Crippen molar-refractivity contribution in [2.75, 3.05) is 6.61 Å². The van der Waals surface area contributed by atoms with E-state index < -0.39 is 12.1 Å². The van der Waals surface area contributed by atoms with Crippen LogP contribution in [0.15, 0.2) is 24.5 Å². The molecule has 1 rings (SSSR count). The summed E-state index contributed by atoms with van der Waals surface area (Å²) in [5.41, 5.74) is 0.325. The van der Waals surface area contributed by atoms with Gasteiger partial charge in [0.15, 0.2) is 0 Å². The Hall–Kier alpha value is -1.62. The van der Waals surface area contributed by atoms with Crippen molar-refractivity contribution >= 4 is 5.97 Å². The first-order valence-electron chi connectivity index (χ1n) is 4.99. The predicted octanol–water partition coefficient (Wildman–Crippen LogP) is 0.672. The fraction of sp³-hybridized carbons (Fsp3) is 0.455. The summed E-state index contributed by atoms with van der Waals surface area (Å²) in [7, 11) is 0. The van der Waals surface area contributed by atoms with Gasteiger partial charge < -0.3 is 14.4 Å². The van der Waals surface area contributed by atoms with Crippen molar-refractivity contribution in [2.24, 2.45) is 0 Å². The average molecular weight is 224 g/mol. The molecule has 5 nitrogen and oxygen atoms in total. The topological polar surface area (TPSA) is 64.3 Å². The molecule has 1 unspecified atom stereocenters. The zero-order valence-corrected chi connectivity index (χ0v) is 9.51. The number of carbonyl (C=O) groups excluding carboxylic acids is 1. The molecule has 1 heterocycles. The van der Waals surface area contributed by atoms with Crippen LogP contribution in [0, 0.1) is 6.92 Å². The number of rotatable bonds is 5. The van der Waals surface area contributed by atoms with Gasteiger partial charge in [0.2, 0.25) is 0 Å². The molecule has 1 N–H and O–H groups in total. The van der Waals surface area contributed by atoms with Crippen LogP contribution in [0.4, 0.5) is 0 Å². The Balaban J connectivity index is 2.37. The van der Waals surface area contributed by atoms with Gasteiger partial charge in [-0.3, -0.25) is 0 Å². The number of hydrogen-bond acceptors (Lipinski definition) is 4. The van der Waals surface area contributed by atoms with Crippen molar-refractivity contribution in [3.05, 3.63) is 30.4 Å². The number of aryl methyl sites for hydroxylation is 1. The molecule has 0 aromatic carbocycles. The number of hydrogen-bond donors (Lipinski definition) is 1. The third kappa shape index (κ3) is 3.51. The SMILES string of the molecule is C=C(C)C(=O)OCC(O)Cn1ccnc1C. The summed E-state index contributed by atoms with van der Waals surface area (Å²) in [4.78, 5) is 15.1. The van der Waals surface area contributed by atoms with Crippen molar-refractivity contribution in [2.45, 2.75) is 26.5 Å². The van der Waals surface area contributed by atoms with E-state index in [9.17, 15) is 9.90 Å². The summed E-state index contributed by atoms with van der Waals surface area (Å²) in [5, 5.41) is 9.62. The number of carbonyl (C=O) groups is 1. The second kappa shape index (κ2) is 5.46. The predicted molar refractivity (Wildman–Crippen MR) is 58.7 cm³/mol. The van der Waals surface area contributed by atoms with Crippen LogP contribution in [0.3, 0.4) is 0 Å². The molecule has 0 saturated carbocycles. The zero-order chi connectivity index (χ0) is 12.1. The highest BCUT2D eigenvalue weighted by Gasteiger charge is 2.10. The molecule has 1 aromatic heterocycles. The van der Waals surface area contributed by atoms with Gasteiger partial charge in [-0.05, 0) is 13.8 Å². The van der Waals surface area contributed by atoms with Crippen molar-refractivity contribution in [1.29, 1.82) is 0 Å². The number of ether oxygens (including phenoxy) is 1. The largest absolute Gasteiger partial charge is 0.460 e. The summed E-state index contributed by atoms with van der Waals surface area (Å²) in [6.45, 7) is 7.17. The molecule has 88 valence electrons. The average Bonchev–Trinajstić information content (AvgIpc) is 2.60. The summed E-state index contributed by atoms with van der Waals surface area (Å²) < 4.78 is 6.62. The molecule has 0 saturated heterocycles. The first kappa shape index (κ1) is 12.4. The van der Waals surface area contributed by atoms with E-state index >= 15 is 0 Å². The lowest BCUT2D eigenvalue weighted by Crippen LogP contribution is -2.24. The molecule has 0 amide bonds. The van der Waals surface area contributed by atoms with Gasteiger partial charge in [0.25, 0.3) is 0 Å². The molecule has 5 heteroatoms. The van der Waals surface area contributed by atoms with E-state index in [0.717, 1.165) is 5.82 Å². The molecule has 0 aliphatic rings. The normalized spacial score (nSPS) is 12.2. The number of aliphatic hydroxyl groups excluding tert-OH is 1. The third-order valence-corrected chi connectivity index (χ3v) is 2.09. The van der Waals surface area contributed by atoms with Crippen LogP contribution in [0.5, 0.6) is 0 Å². The van der Waals surface area contributed by atoms with Crippen molar-refractivity contribution < 1.29 is 14.6 Å². The van der Waals surface area contributed by atoms with E-state index in [-0.39, 0.29) is 6.61 Å². The minimum atomic E-state index is -0.740. The molecule has 0 spiro atoms. The lowest BCUT2D eigenvalue weighted by molar-refractivity contribution is -0.142. The lowest BCUT2D eigenvalue weighted by Gasteiger charge is -2.12. The van der Waals surface area contributed by atoms with Crippen LogP contribution in [-0.2, 0) is 16.1 Å². The van der Waals surface area contributed by atoms with Gasteiger partial charge in [-0.1, -0.05) is 6.58 Å². The quantitative estimate of drug-likeness (QED) is 0.590. The smallest absolute Gasteiger partial charge is 0.333 e. The van der Waals surface area contributed by atoms with Gasteiger partial charge in [-0.15, -0.1) is 0 Å². The number of aliphatic hydroxyl groups is 1. The molecule has 0 radical (unpaired) electrons. The summed E-state index contributed by atoms with van der Waals surface area (Å²) in [5.74, 6) is 0.326. The van der Waals surface area contributed by atoms with Crippen LogP contribution in [0.2, 0.25) is 0 Å². The number of imidazole rings is 1. The van der Waals surface area contributed by atoms with Crippen LogP contribution < -0.4 is 0 Å². The van der Waals surface area contributed by atoms with Crippen molar-refractivity contribution in [3.63, 3.8) is 0 Å². The van der Waals surface area contributed by atoms with Crippen LogP contribution in [0.25, 0.3) is 0 Å². The molecular weight excluding hydrogens is 208 g/mol. The molecular formula is C11H16N2O3. The standard InChI is InChI=1S/C11H16N2O3/c1-8(2)11(15)16-7-10(14)6-13-5-4-12-9(13)3/h4-5,10,14H,1,6-7H2,2-3H3. The van der Waals surface area contributed by atoms with Gasteiger partial charge in [0.1, 0.15) is 18.5 Å². The first-order chi connectivity index (χ1) is 7.50. The summed E-state index contributed by atoms with van der Waals surface area (Å²) >= 11 is 0. The Morgan fingerprint density at radius 1 is 1.75 bits per heavy atom. The monoisotopic (exact) mass is 224 g/mol. The van der Waals surface area contributed by atoms with E-state index in [2.05, 4.69) is 11.6 Å². The van der Waals surface area contributed by atoms with Crippen molar-refractivity contribution in [3.8, 4) is 0 Å². The van der Waals surface area contributed by atoms with Gasteiger partial charge in [-0.2, -0.15) is 0 Å². The zero-order valence-electron chi connectivity index (χ0n) is 9.51. The lowest BCUT2D eigenvalue weighted by atomic mass is 10.3. The van der Waals surface area contributed by atoms with Crippen LogP contribution in [-0.4, -0.2) is 33.3 Å². The molecule has 1 aromatic rings. The minimum absolute atomic E-state index is 0.0384. The number of nitrogens with zero attached hydrogens (tertiary/aromatic N) is 2. The maximum absolute atomic E-state index is 11.1. The third-order valence-electron chi connectivity index (χ3n) is 2.09. The van der Waals surface area contributed by atoms with E-state index in [1.807, 2.05) is 6.92 Å². The van der Waals surface area contributed by atoms with E-state index in [4.69, 9.17) is 4.74 Å². The second-order valence-electron chi connectivity index (χ2n) is 3.66. The van der Waals surface area contributed by atoms with Gasteiger partial charge in [0, 0.05) is 18.0 Å². The minimum Gasteiger partial charge on any atom is -0.460 e. The Morgan fingerprint density at radius 2 is 2.44 bits per heavy atom. The first-order valence-corrected chi connectivity index (χ1v) is 4.99. The molecule has 0 fully saturated rings. The summed E-state index contributed by atoms with van der Waals surface area (Å²) in [6.07, 6.45) is 2.68. The van der Waals surface area contributed by atoms with E-state index in [1.54, 1.807) is 23.9 Å². The van der Waals surface area contributed by atoms with Gasteiger partial charge >= 0.3 is 5.97 Å².